The monoisotopic (exact) mass is 412 g/mol. The SMILES string of the molecule is N[C@@H](CC(=O)N1CCN(C(=O)C(F)(F)F)CCN1)Cc1cc(F)c(F)cc1F. The number of hydrogen-bond donors (Lipinski definition) is 2. The Morgan fingerprint density at radius 3 is 2.36 bits per heavy atom. The second kappa shape index (κ2) is 8.78. The molecule has 0 radical (unpaired) electrons. The lowest BCUT2D eigenvalue weighted by molar-refractivity contribution is -0.185. The van der Waals surface area contributed by atoms with Crippen LogP contribution in [0.2, 0.25) is 0 Å². The predicted molar refractivity (Wildman–Crippen MR) is 85.0 cm³/mol. The molecule has 0 aromatic heterocycles. The summed E-state index contributed by atoms with van der Waals surface area (Å²) < 4.78 is 77.3. The van der Waals surface area contributed by atoms with E-state index in [0.29, 0.717) is 17.0 Å². The fourth-order valence-corrected chi connectivity index (χ4v) is 2.74. The van der Waals surface area contributed by atoms with E-state index in [-0.39, 0.29) is 44.6 Å². The van der Waals surface area contributed by atoms with E-state index in [1.807, 2.05) is 0 Å². The van der Waals surface area contributed by atoms with Crippen LogP contribution in [0, 0.1) is 17.5 Å². The number of nitrogens with zero attached hydrogens (tertiary/aromatic N) is 2. The summed E-state index contributed by atoms with van der Waals surface area (Å²) in [5.74, 6) is -6.18. The highest BCUT2D eigenvalue weighted by atomic mass is 19.4. The van der Waals surface area contributed by atoms with Gasteiger partial charge in [-0.1, -0.05) is 0 Å². The third kappa shape index (κ3) is 5.58. The highest BCUT2D eigenvalue weighted by molar-refractivity contribution is 5.82. The maximum atomic E-state index is 13.7. The molecule has 3 N–H and O–H groups in total. The Morgan fingerprint density at radius 1 is 1.07 bits per heavy atom. The topological polar surface area (TPSA) is 78.7 Å². The molecular formula is C16H18F6N4O2. The van der Waals surface area contributed by atoms with Crippen LogP contribution < -0.4 is 11.2 Å². The van der Waals surface area contributed by atoms with Gasteiger partial charge in [0.2, 0.25) is 5.91 Å². The largest absolute Gasteiger partial charge is 0.471 e. The Morgan fingerprint density at radius 2 is 1.71 bits per heavy atom. The minimum atomic E-state index is -5.00. The van der Waals surface area contributed by atoms with Gasteiger partial charge in [-0.2, -0.15) is 13.2 Å². The second-order valence-electron chi connectivity index (χ2n) is 6.27. The van der Waals surface area contributed by atoms with Crippen molar-refractivity contribution in [2.45, 2.75) is 25.1 Å². The Labute approximate surface area is 156 Å². The fourth-order valence-electron chi connectivity index (χ4n) is 2.74. The third-order valence-corrected chi connectivity index (χ3v) is 4.12. The van der Waals surface area contributed by atoms with Crippen molar-refractivity contribution in [1.82, 2.24) is 15.3 Å². The molecule has 1 aliphatic heterocycles. The van der Waals surface area contributed by atoms with Crippen molar-refractivity contribution in [3.05, 3.63) is 35.1 Å². The standard InChI is InChI=1S/C16H18F6N4O2/c17-11-8-13(19)12(18)6-9(11)5-10(23)7-14(27)26-4-3-25(2-1-24-26)15(28)16(20,21)22/h6,8,10,24H,1-5,7,23H2/t10-/m1/s1. The molecule has 1 atom stereocenters. The first-order valence-electron chi connectivity index (χ1n) is 8.28. The van der Waals surface area contributed by atoms with E-state index in [1.54, 1.807) is 0 Å². The van der Waals surface area contributed by atoms with E-state index >= 15 is 0 Å². The van der Waals surface area contributed by atoms with E-state index in [9.17, 15) is 35.9 Å². The van der Waals surface area contributed by atoms with Gasteiger partial charge in [-0.05, 0) is 18.1 Å². The highest BCUT2D eigenvalue weighted by Gasteiger charge is 2.42. The van der Waals surface area contributed by atoms with E-state index in [1.165, 1.54) is 0 Å². The molecule has 1 aliphatic rings. The first-order chi connectivity index (χ1) is 13.0. The van der Waals surface area contributed by atoms with Gasteiger partial charge in [0, 0.05) is 38.2 Å². The predicted octanol–water partition coefficient (Wildman–Crippen LogP) is 1.10. The van der Waals surface area contributed by atoms with Gasteiger partial charge in [0.25, 0.3) is 0 Å². The van der Waals surface area contributed by atoms with Gasteiger partial charge in [0.15, 0.2) is 11.6 Å². The van der Waals surface area contributed by atoms with Crippen LogP contribution in [0.15, 0.2) is 12.1 Å². The van der Waals surface area contributed by atoms with Gasteiger partial charge in [-0.15, -0.1) is 0 Å². The van der Waals surface area contributed by atoms with Gasteiger partial charge >= 0.3 is 12.1 Å². The number of hydrogen-bond acceptors (Lipinski definition) is 4. The van der Waals surface area contributed by atoms with Crippen LogP contribution in [0.25, 0.3) is 0 Å². The second-order valence-corrected chi connectivity index (χ2v) is 6.27. The van der Waals surface area contributed by atoms with Crippen molar-refractivity contribution in [1.29, 1.82) is 0 Å². The number of carbonyl (C=O) groups is 2. The zero-order valence-electron chi connectivity index (χ0n) is 14.5. The molecule has 0 aliphatic carbocycles. The maximum absolute atomic E-state index is 13.7. The quantitative estimate of drug-likeness (QED) is 0.574. The number of amides is 2. The molecule has 1 heterocycles. The van der Waals surface area contributed by atoms with Gasteiger partial charge in [0.05, 0.1) is 6.54 Å². The molecule has 12 heteroatoms. The average Bonchev–Trinajstić information content (AvgIpc) is 2.84. The summed E-state index contributed by atoms with van der Waals surface area (Å²) in [6, 6.07) is 0.0894. The number of carbonyl (C=O) groups excluding carboxylic acids is 2. The lowest BCUT2D eigenvalue weighted by Crippen LogP contribution is -2.46. The summed E-state index contributed by atoms with van der Waals surface area (Å²) in [6.45, 7) is -0.855. The lowest BCUT2D eigenvalue weighted by atomic mass is 10.0. The Bertz CT molecular complexity index is 743. The van der Waals surface area contributed by atoms with Gasteiger partial charge < -0.3 is 10.6 Å². The lowest BCUT2D eigenvalue weighted by Gasteiger charge is -2.23. The van der Waals surface area contributed by atoms with Crippen molar-refractivity contribution in [3.63, 3.8) is 0 Å². The molecule has 28 heavy (non-hydrogen) atoms. The van der Waals surface area contributed by atoms with Crippen molar-refractivity contribution < 1.29 is 35.9 Å². The summed E-state index contributed by atoms with van der Waals surface area (Å²) in [7, 11) is 0. The molecular weight excluding hydrogens is 394 g/mol. The van der Waals surface area contributed by atoms with Gasteiger partial charge in [-0.3, -0.25) is 14.6 Å². The molecule has 156 valence electrons. The zero-order chi connectivity index (χ0) is 21.1. The molecule has 2 amide bonds. The first kappa shape index (κ1) is 22.0. The van der Waals surface area contributed by atoms with E-state index in [2.05, 4.69) is 5.43 Å². The third-order valence-electron chi connectivity index (χ3n) is 4.12. The number of halogens is 6. The number of nitrogens with two attached hydrogens (primary N) is 1. The minimum Gasteiger partial charge on any atom is -0.332 e. The number of nitrogens with one attached hydrogen (secondary N) is 1. The van der Waals surface area contributed by atoms with Crippen molar-refractivity contribution in [2.75, 3.05) is 26.2 Å². The number of benzene rings is 1. The van der Waals surface area contributed by atoms with Crippen LogP contribution in [0.5, 0.6) is 0 Å². The molecule has 2 rings (SSSR count). The fraction of sp³-hybridized carbons (Fsp3) is 0.500. The molecule has 0 unspecified atom stereocenters. The smallest absolute Gasteiger partial charge is 0.332 e. The van der Waals surface area contributed by atoms with Gasteiger partial charge in [-0.25, -0.2) is 18.6 Å². The summed E-state index contributed by atoms with van der Waals surface area (Å²) in [6.07, 6.45) is -5.57. The van der Waals surface area contributed by atoms with Crippen molar-refractivity contribution in [3.8, 4) is 0 Å². The number of hydrazine groups is 1. The average molecular weight is 412 g/mol. The Balaban J connectivity index is 1.92. The minimum absolute atomic E-state index is 0.0827. The summed E-state index contributed by atoms with van der Waals surface area (Å²) in [4.78, 5) is 24.1. The Hall–Kier alpha value is -2.34. The van der Waals surface area contributed by atoms with Crippen LogP contribution in [0.3, 0.4) is 0 Å². The number of alkyl halides is 3. The van der Waals surface area contributed by atoms with Gasteiger partial charge in [0.1, 0.15) is 5.82 Å². The summed E-state index contributed by atoms with van der Waals surface area (Å²) in [5.41, 5.74) is 8.17. The number of rotatable bonds is 4. The summed E-state index contributed by atoms with van der Waals surface area (Å²) in [5, 5.41) is 1.03. The molecule has 1 saturated heterocycles. The van der Waals surface area contributed by atoms with Crippen LogP contribution in [0.1, 0.15) is 12.0 Å². The highest BCUT2D eigenvalue weighted by Crippen LogP contribution is 2.19. The summed E-state index contributed by atoms with van der Waals surface area (Å²) >= 11 is 0. The normalized spacial score (nSPS) is 16.7. The van der Waals surface area contributed by atoms with E-state index in [0.717, 1.165) is 5.01 Å². The van der Waals surface area contributed by atoms with Crippen LogP contribution in [0.4, 0.5) is 26.3 Å². The molecule has 0 spiro atoms. The van der Waals surface area contributed by atoms with Crippen LogP contribution >= 0.6 is 0 Å². The van der Waals surface area contributed by atoms with Crippen LogP contribution in [-0.4, -0.2) is 60.1 Å². The van der Waals surface area contributed by atoms with E-state index in [4.69, 9.17) is 5.73 Å². The Kier molecular flexibility index (Phi) is 6.88. The van der Waals surface area contributed by atoms with Crippen molar-refractivity contribution in [2.24, 2.45) is 5.73 Å². The van der Waals surface area contributed by atoms with E-state index < -0.39 is 41.5 Å². The zero-order valence-corrected chi connectivity index (χ0v) is 14.5. The molecule has 1 aromatic rings. The molecule has 0 saturated carbocycles. The van der Waals surface area contributed by atoms with Crippen LogP contribution in [-0.2, 0) is 16.0 Å². The molecule has 6 nitrogen and oxygen atoms in total. The molecule has 0 bridgehead atoms. The molecule has 1 aromatic carbocycles. The molecule has 1 fully saturated rings. The maximum Gasteiger partial charge on any atom is 0.471 e. The van der Waals surface area contributed by atoms with Crippen molar-refractivity contribution >= 4 is 11.8 Å². The first-order valence-corrected chi connectivity index (χ1v) is 8.28.